The van der Waals surface area contributed by atoms with Crippen molar-refractivity contribution in [1.82, 2.24) is 5.32 Å². The lowest BCUT2D eigenvalue weighted by molar-refractivity contribution is -0.144. The number of carbonyl (C=O) groups is 6. The third-order valence-electron chi connectivity index (χ3n) is 2.90. The van der Waals surface area contributed by atoms with Gasteiger partial charge in [-0.3, -0.25) is 34.2 Å². The maximum absolute atomic E-state index is 10.2. The number of rotatable bonds is 12. The van der Waals surface area contributed by atoms with Crippen LogP contribution in [0.2, 0.25) is 0 Å². The summed E-state index contributed by atoms with van der Waals surface area (Å²) in [5, 5.41) is 64.8. The van der Waals surface area contributed by atoms with Crippen LogP contribution in [0, 0.1) is 5.41 Å². The van der Waals surface area contributed by atoms with Crippen molar-refractivity contribution in [3.05, 3.63) is 0 Å². The minimum Gasteiger partial charge on any atom is -0.481 e. The lowest BCUT2D eigenvalue weighted by Crippen LogP contribution is -2.34. The van der Waals surface area contributed by atoms with E-state index in [1.807, 2.05) is 0 Å². The third kappa shape index (κ3) is 49.1. The van der Waals surface area contributed by atoms with Crippen molar-refractivity contribution in [3.63, 3.8) is 0 Å². The summed E-state index contributed by atoms with van der Waals surface area (Å²) in [5.74, 6) is -6.73. The molecule has 0 aromatic heterocycles. The Bertz CT molecular complexity index is 710. The molecule has 38 heavy (non-hydrogen) atoms. The highest BCUT2D eigenvalue weighted by atomic mass is 16.4. The van der Waals surface area contributed by atoms with E-state index in [4.69, 9.17) is 64.1 Å². The Morgan fingerprint density at radius 3 is 1.18 bits per heavy atom. The van der Waals surface area contributed by atoms with Crippen molar-refractivity contribution in [3.8, 4) is 0 Å². The summed E-state index contributed by atoms with van der Waals surface area (Å²) in [4.78, 5) is 58.0. The van der Waals surface area contributed by atoms with Gasteiger partial charge in [-0.05, 0) is 12.8 Å². The van der Waals surface area contributed by atoms with Crippen LogP contribution in [-0.4, -0.2) is 122 Å². The Hall–Kier alpha value is -4.15. The van der Waals surface area contributed by atoms with Crippen LogP contribution in [-0.2, 0) is 28.8 Å². The van der Waals surface area contributed by atoms with Crippen LogP contribution in [0.4, 0.5) is 0 Å². The lowest BCUT2D eigenvalue weighted by Gasteiger charge is -2.06. The number of carboxylic acids is 6. The zero-order valence-electron chi connectivity index (χ0n) is 20.2. The largest absolute Gasteiger partial charge is 0.481 e. The Kier molecular flexibility index (Phi) is 33.6. The van der Waals surface area contributed by atoms with Crippen molar-refractivity contribution < 1.29 is 64.5 Å². The van der Waals surface area contributed by atoms with Gasteiger partial charge in [-0.15, -0.1) is 0 Å². The third-order valence-corrected chi connectivity index (χ3v) is 2.90. The molecular formula is C17H38N8O13. The van der Waals surface area contributed by atoms with E-state index in [2.05, 4.69) is 16.8 Å². The van der Waals surface area contributed by atoms with Crippen LogP contribution in [0.3, 0.4) is 0 Å². The Balaban J connectivity index is -0.000000125. The molecular weight excluding hydrogens is 524 g/mol. The summed E-state index contributed by atoms with van der Waals surface area (Å²) in [6.45, 7) is -0.578. The van der Waals surface area contributed by atoms with E-state index < -0.39 is 67.0 Å². The number of guanidine groups is 1. The normalized spacial score (nSPS) is 11.2. The highest BCUT2D eigenvalue weighted by Gasteiger charge is 2.14. The second-order valence-electron chi connectivity index (χ2n) is 6.29. The molecule has 3 atom stereocenters. The van der Waals surface area contributed by atoms with Gasteiger partial charge in [0.05, 0.1) is 26.1 Å². The molecule has 0 saturated heterocycles. The van der Waals surface area contributed by atoms with E-state index in [0.717, 1.165) is 0 Å². The summed E-state index contributed by atoms with van der Waals surface area (Å²) >= 11 is 0. The Labute approximate surface area is 215 Å². The van der Waals surface area contributed by atoms with Crippen LogP contribution in [0.5, 0.6) is 0 Å². The molecule has 0 aliphatic rings. The van der Waals surface area contributed by atoms with Gasteiger partial charge >= 0.3 is 35.8 Å². The van der Waals surface area contributed by atoms with Crippen LogP contribution < -0.4 is 39.7 Å². The Morgan fingerprint density at radius 1 is 0.684 bits per heavy atom. The summed E-state index contributed by atoms with van der Waals surface area (Å²) in [5.41, 5.74) is 29.0. The molecule has 0 fully saturated rings. The van der Waals surface area contributed by atoms with E-state index in [9.17, 15) is 28.8 Å². The second-order valence-corrected chi connectivity index (χ2v) is 6.29. The smallest absolute Gasteiger partial charge is 0.322 e. The zero-order valence-corrected chi connectivity index (χ0v) is 20.2. The van der Waals surface area contributed by atoms with Crippen molar-refractivity contribution in [2.75, 3.05) is 26.2 Å². The topological polar surface area (TPSA) is 436 Å². The maximum Gasteiger partial charge on any atom is 0.322 e. The summed E-state index contributed by atoms with van der Waals surface area (Å²) < 4.78 is 0. The number of hydrogen-bond acceptors (Lipinski definition) is 13. The van der Waals surface area contributed by atoms with Crippen LogP contribution in [0.15, 0.2) is 0 Å². The molecule has 0 aromatic rings. The van der Waals surface area contributed by atoms with Gasteiger partial charge < -0.3 is 75.5 Å². The number of aliphatic hydroxyl groups is 1. The molecule has 0 bridgehead atoms. The van der Waals surface area contributed by atoms with Gasteiger partial charge in [0.25, 0.3) is 0 Å². The molecule has 0 unspecified atom stereocenters. The van der Waals surface area contributed by atoms with Crippen molar-refractivity contribution in [1.29, 1.82) is 5.41 Å². The van der Waals surface area contributed by atoms with Crippen molar-refractivity contribution in [2.45, 2.75) is 37.4 Å². The van der Waals surface area contributed by atoms with Crippen LogP contribution in [0.1, 0.15) is 19.3 Å². The zero-order chi connectivity index (χ0) is 31.4. The van der Waals surface area contributed by atoms with Crippen LogP contribution >= 0.6 is 0 Å². The molecule has 0 spiro atoms. The first-order valence-corrected chi connectivity index (χ1v) is 9.99. The first kappa shape index (κ1) is 43.9. The fourth-order valence-corrected chi connectivity index (χ4v) is 1.02. The molecule has 0 aliphatic heterocycles. The SMILES string of the molecule is N=C(N)NCCC[C@H](N)C(=O)O.NCC(=O)O.NCC(=O)O.N[C@@H](CC(=O)O)C(=O)O.N[C@@H](CO)C(=O)O. The van der Waals surface area contributed by atoms with Gasteiger partial charge in [0.2, 0.25) is 0 Å². The first-order chi connectivity index (χ1) is 17.3. The van der Waals surface area contributed by atoms with Gasteiger partial charge in [0.15, 0.2) is 5.96 Å². The van der Waals surface area contributed by atoms with E-state index >= 15 is 0 Å². The fourth-order valence-electron chi connectivity index (χ4n) is 1.02. The number of nitrogens with two attached hydrogens (primary N) is 6. The minimum atomic E-state index is -1.29. The number of carboxylic acid groups (broad SMARTS) is 6. The predicted molar refractivity (Wildman–Crippen MR) is 129 cm³/mol. The molecule has 0 amide bonds. The quantitative estimate of drug-likeness (QED) is 0.0597. The molecule has 0 radical (unpaired) electrons. The molecule has 224 valence electrons. The van der Waals surface area contributed by atoms with E-state index in [0.29, 0.717) is 19.4 Å². The summed E-state index contributed by atoms with van der Waals surface area (Å²) in [6, 6.07) is -3.23. The van der Waals surface area contributed by atoms with Gasteiger partial charge in [-0.2, -0.15) is 0 Å². The monoisotopic (exact) mass is 562 g/mol. The van der Waals surface area contributed by atoms with Gasteiger partial charge in [-0.1, -0.05) is 0 Å². The average molecular weight is 563 g/mol. The van der Waals surface area contributed by atoms with Gasteiger partial charge in [0, 0.05) is 6.54 Å². The molecule has 0 saturated carbocycles. The summed E-state index contributed by atoms with van der Waals surface area (Å²) in [6.07, 6.45) is 0.442. The molecule has 21 N–H and O–H groups in total. The van der Waals surface area contributed by atoms with Crippen LogP contribution in [0.25, 0.3) is 0 Å². The molecule has 0 heterocycles. The number of nitrogens with one attached hydrogen (secondary N) is 2. The van der Waals surface area contributed by atoms with Gasteiger partial charge in [-0.25, -0.2) is 0 Å². The minimum absolute atomic E-state index is 0.112. The summed E-state index contributed by atoms with van der Waals surface area (Å²) in [7, 11) is 0. The van der Waals surface area contributed by atoms with E-state index in [1.54, 1.807) is 0 Å². The van der Waals surface area contributed by atoms with Gasteiger partial charge in [0.1, 0.15) is 18.1 Å². The number of aliphatic hydroxyl groups excluding tert-OH is 1. The number of hydrogen-bond donors (Lipinski definition) is 15. The first-order valence-electron chi connectivity index (χ1n) is 9.99. The van der Waals surface area contributed by atoms with Crippen molar-refractivity contribution in [2.24, 2.45) is 34.4 Å². The number of aliphatic carboxylic acids is 6. The molecule has 21 heteroatoms. The van der Waals surface area contributed by atoms with Crippen molar-refractivity contribution >= 4 is 41.8 Å². The molecule has 0 rings (SSSR count). The Morgan fingerprint density at radius 2 is 1.03 bits per heavy atom. The predicted octanol–water partition coefficient (Wildman–Crippen LogP) is -6.02. The average Bonchev–Trinajstić information content (AvgIpc) is 2.81. The molecule has 0 aliphatic carbocycles. The second kappa shape index (κ2) is 29.1. The molecule has 21 nitrogen and oxygen atoms in total. The molecule has 0 aromatic carbocycles. The highest BCUT2D eigenvalue weighted by molar-refractivity contribution is 5.80. The lowest BCUT2D eigenvalue weighted by atomic mass is 10.2. The maximum atomic E-state index is 10.2. The van der Waals surface area contributed by atoms with E-state index in [-0.39, 0.29) is 19.0 Å². The van der Waals surface area contributed by atoms with E-state index in [1.165, 1.54) is 0 Å². The standard InChI is InChI=1S/C6H14N4O2.C4H7NO4.C3H7NO3.2C2H5NO2/c7-4(5(11)12)2-1-3-10-6(8)9;5-2(4(8)9)1-3(6)7;4-2(1-5)3(6)7;2*3-1-2(4)5/h4H,1-3,7H2,(H,11,12)(H4,8,9,10);2H,1,5H2,(H,6,7)(H,8,9);2,5H,1,4H2,(H,6,7);2*1,3H2,(H,4,5)/t4-;2*2-;;/m000../s1. The highest BCUT2D eigenvalue weighted by Crippen LogP contribution is 1.92. The fraction of sp³-hybridized carbons (Fsp3) is 0.588.